The summed E-state index contributed by atoms with van der Waals surface area (Å²) in [7, 11) is 1.79. The van der Waals surface area contributed by atoms with E-state index in [0.717, 1.165) is 5.56 Å². The van der Waals surface area contributed by atoms with E-state index in [4.69, 9.17) is 5.11 Å². The SMILES string of the molecule is C=CCCC(NC(=O)c1csc(-c2cnn(C)c2)n1)C(=O)O. The number of thiazole rings is 1. The average Bonchev–Trinajstić information content (AvgIpc) is 3.11. The van der Waals surface area contributed by atoms with Gasteiger partial charge in [0.25, 0.3) is 5.91 Å². The lowest BCUT2D eigenvalue weighted by molar-refractivity contribution is -0.139. The van der Waals surface area contributed by atoms with Crippen molar-refractivity contribution in [3.63, 3.8) is 0 Å². The molecule has 0 spiro atoms. The number of amides is 1. The van der Waals surface area contributed by atoms with Crippen molar-refractivity contribution in [1.82, 2.24) is 20.1 Å². The van der Waals surface area contributed by atoms with E-state index in [1.807, 2.05) is 0 Å². The number of aliphatic carboxylic acids is 1. The van der Waals surface area contributed by atoms with E-state index >= 15 is 0 Å². The number of nitrogens with one attached hydrogen (secondary N) is 1. The number of rotatable bonds is 7. The zero-order valence-corrected chi connectivity index (χ0v) is 12.8. The maximum atomic E-state index is 12.1. The van der Waals surface area contributed by atoms with Crippen LogP contribution in [0.2, 0.25) is 0 Å². The van der Waals surface area contributed by atoms with Crippen LogP contribution in [0.5, 0.6) is 0 Å². The molecule has 1 amide bonds. The molecule has 1 unspecified atom stereocenters. The molecule has 2 aromatic rings. The first-order chi connectivity index (χ1) is 10.5. The predicted molar refractivity (Wildman–Crippen MR) is 82.6 cm³/mol. The summed E-state index contributed by atoms with van der Waals surface area (Å²) in [4.78, 5) is 27.4. The van der Waals surface area contributed by atoms with Gasteiger partial charge in [-0.1, -0.05) is 6.08 Å². The molecule has 0 radical (unpaired) electrons. The van der Waals surface area contributed by atoms with Crippen molar-refractivity contribution < 1.29 is 14.7 Å². The minimum Gasteiger partial charge on any atom is -0.480 e. The van der Waals surface area contributed by atoms with Gasteiger partial charge in [-0.2, -0.15) is 5.10 Å². The molecule has 1 atom stereocenters. The Balaban J connectivity index is 2.07. The summed E-state index contributed by atoms with van der Waals surface area (Å²) in [5.41, 5.74) is 1.02. The Kier molecular flexibility index (Phi) is 5.05. The second kappa shape index (κ2) is 6.99. The summed E-state index contributed by atoms with van der Waals surface area (Å²) in [6.45, 7) is 3.54. The number of nitrogens with zero attached hydrogens (tertiary/aromatic N) is 3. The fourth-order valence-electron chi connectivity index (χ4n) is 1.82. The molecule has 0 aliphatic rings. The molecule has 2 N–H and O–H groups in total. The molecule has 7 nitrogen and oxygen atoms in total. The zero-order valence-electron chi connectivity index (χ0n) is 12.0. The van der Waals surface area contributed by atoms with Crippen LogP contribution < -0.4 is 5.32 Å². The summed E-state index contributed by atoms with van der Waals surface area (Å²) >= 11 is 1.31. The highest BCUT2D eigenvalue weighted by Crippen LogP contribution is 2.22. The third-order valence-corrected chi connectivity index (χ3v) is 3.84. The number of allylic oxidation sites excluding steroid dienone is 1. The highest BCUT2D eigenvalue weighted by molar-refractivity contribution is 7.13. The normalized spacial score (nSPS) is 11.9. The topological polar surface area (TPSA) is 97.1 Å². The first kappa shape index (κ1) is 15.9. The van der Waals surface area contributed by atoms with Crippen LogP contribution in [0.25, 0.3) is 10.6 Å². The quantitative estimate of drug-likeness (QED) is 0.757. The van der Waals surface area contributed by atoms with E-state index in [-0.39, 0.29) is 5.69 Å². The minimum absolute atomic E-state index is 0.203. The van der Waals surface area contributed by atoms with Crippen LogP contribution in [0.15, 0.2) is 30.4 Å². The number of carboxylic acids is 1. The third kappa shape index (κ3) is 3.79. The van der Waals surface area contributed by atoms with Crippen molar-refractivity contribution in [2.75, 3.05) is 0 Å². The molecular weight excluding hydrogens is 304 g/mol. The smallest absolute Gasteiger partial charge is 0.326 e. The summed E-state index contributed by atoms with van der Waals surface area (Å²) in [6, 6.07) is -0.950. The Labute approximate surface area is 131 Å². The highest BCUT2D eigenvalue weighted by atomic mass is 32.1. The third-order valence-electron chi connectivity index (χ3n) is 2.95. The molecule has 0 saturated heterocycles. The van der Waals surface area contributed by atoms with Gasteiger partial charge in [0.1, 0.15) is 16.7 Å². The first-order valence-corrected chi connectivity index (χ1v) is 7.48. The van der Waals surface area contributed by atoms with Crippen LogP contribution in [-0.2, 0) is 11.8 Å². The van der Waals surface area contributed by atoms with Crippen molar-refractivity contribution in [2.45, 2.75) is 18.9 Å². The lowest BCUT2D eigenvalue weighted by Gasteiger charge is -2.12. The van der Waals surface area contributed by atoms with Gasteiger partial charge in [-0.25, -0.2) is 9.78 Å². The minimum atomic E-state index is -1.07. The molecule has 0 bridgehead atoms. The fourth-order valence-corrected chi connectivity index (χ4v) is 2.59. The number of carbonyl (C=O) groups is 2. The standard InChI is InChI=1S/C14H16N4O3S/c1-3-4-5-10(14(20)21)16-12(19)11-8-22-13(17-11)9-6-15-18(2)7-9/h3,6-8,10H,1,4-5H2,2H3,(H,16,19)(H,20,21). The molecule has 2 heterocycles. The van der Waals surface area contributed by atoms with Gasteiger partial charge in [0, 0.05) is 24.2 Å². The van der Waals surface area contributed by atoms with Crippen molar-refractivity contribution >= 4 is 23.2 Å². The van der Waals surface area contributed by atoms with Crippen LogP contribution >= 0.6 is 11.3 Å². The van der Waals surface area contributed by atoms with E-state index in [2.05, 4.69) is 22.0 Å². The van der Waals surface area contributed by atoms with Gasteiger partial charge in [-0.05, 0) is 12.8 Å². The van der Waals surface area contributed by atoms with Crippen molar-refractivity contribution in [2.24, 2.45) is 7.05 Å². The molecule has 8 heteroatoms. The largest absolute Gasteiger partial charge is 0.480 e. The van der Waals surface area contributed by atoms with Crippen LogP contribution in [0.3, 0.4) is 0 Å². The van der Waals surface area contributed by atoms with Gasteiger partial charge in [0.15, 0.2) is 0 Å². The van der Waals surface area contributed by atoms with E-state index in [1.54, 1.807) is 35.6 Å². The number of hydrogen-bond donors (Lipinski definition) is 2. The first-order valence-electron chi connectivity index (χ1n) is 6.60. The van der Waals surface area contributed by atoms with Crippen LogP contribution in [0.4, 0.5) is 0 Å². The highest BCUT2D eigenvalue weighted by Gasteiger charge is 2.21. The Bertz CT molecular complexity index is 692. The van der Waals surface area contributed by atoms with E-state index in [0.29, 0.717) is 17.8 Å². The fraction of sp³-hybridized carbons (Fsp3) is 0.286. The average molecular weight is 320 g/mol. The molecule has 0 aliphatic heterocycles. The van der Waals surface area contributed by atoms with Gasteiger partial charge >= 0.3 is 5.97 Å². The van der Waals surface area contributed by atoms with Crippen LogP contribution in [0, 0.1) is 0 Å². The molecule has 0 fully saturated rings. The van der Waals surface area contributed by atoms with E-state index in [1.165, 1.54) is 11.3 Å². The number of hydrogen-bond acceptors (Lipinski definition) is 5. The zero-order chi connectivity index (χ0) is 16.1. The molecular formula is C14H16N4O3S. The van der Waals surface area contributed by atoms with Gasteiger partial charge in [0.05, 0.1) is 6.20 Å². The Hall–Kier alpha value is -2.48. The molecule has 2 rings (SSSR count). The van der Waals surface area contributed by atoms with Crippen LogP contribution in [-0.4, -0.2) is 37.8 Å². The Morgan fingerprint density at radius 3 is 2.95 bits per heavy atom. The lowest BCUT2D eigenvalue weighted by atomic mass is 10.1. The number of aryl methyl sites for hydroxylation is 1. The molecule has 2 aromatic heterocycles. The molecule has 0 aromatic carbocycles. The second-order valence-corrected chi connectivity index (χ2v) is 5.53. The van der Waals surface area contributed by atoms with Crippen molar-refractivity contribution in [1.29, 1.82) is 0 Å². The molecule has 116 valence electrons. The van der Waals surface area contributed by atoms with Gasteiger partial charge in [0.2, 0.25) is 0 Å². The van der Waals surface area contributed by atoms with Gasteiger partial charge in [-0.15, -0.1) is 17.9 Å². The summed E-state index contributed by atoms with van der Waals surface area (Å²) in [5, 5.41) is 17.9. The van der Waals surface area contributed by atoms with Crippen molar-refractivity contribution in [3.8, 4) is 10.6 Å². The predicted octanol–water partition coefficient (Wildman–Crippen LogP) is 1.69. The molecule has 0 saturated carbocycles. The maximum Gasteiger partial charge on any atom is 0.326 e. The summed E-state index contributed by atoms with van der Waals surface area (Å²) in [5.74, 6) is -1.57. The summed E-state index contributed by atoms with van der Waals surface area (Å²) in [6.07, 6.45) is 5.88. The number of aromatic nitrogens is 3. The van der Waals surface area contributed by atoms with E-state index in [9.17, 15) is 9.59 Å². The van der Waals surface area contributed by atoms with Crippen molar-refractivity contribution in [3.05, 3.63) is 36.1 Å². The maximum absolute atomic E-state index is 12.1. The summed E-state index contributed by atoms with van der Waals surface area (Å²) < 4.78 is 1.65. The lowest BCUT2D eigenvalue weighted by Crippen LogP contribution is -2.40. The number of carbonyl (C=O) groups excluding carboxylic acids is 1. The monoisotopic (exact) mass is 320 g/mol. The molecule has 22 heavy (non-hydrogen) atoms. The van der Waals surface area contributed by atoms with E-state index < -0.39 is 17.9 Å². The number of carboxylic acid groups (broad SMARTS) is 1. The van der Waals surface area contributed by atoms with Crippen LogP contribution in [0.1, 0.15) is 23.3 Å². The Morgan fingerprint density at radius 1 is 1.59 bits per heavy atom. The van der Waals surface area contributed by atoms with Gasteiger partial charge in [-0.3, -0.25) is 9.48 Å². The van der Waals surface area contributed by atoms with Gasteiger partial charge < -0.3 is 10.4 Å². The molecule has 0 aliphatic carbocycles. The Morgan fingerprint density at radius 2 is 2.36 bits per heavy atom. The second-order valence-electron chi connectivity index (χ2n) is 4.67.